The molecule has 0 atom stereocenters. The number of benzene rings is 2. The van der Waals surface area contributed by atoms with Crippen molar-refractivity contribution >= 4 is 33.7 Å². The molecule has 0 spiro atoms. The Morgan fingerprint density at radius 1 is 1.00 bits per heavy atom. The van der Waals surface area contributed by atoms with E-state index >= 15 is 0 Å². The molecule has 0 saturated heterocycles. The van der Waals surface area contributed by atoms with Crippen molar-refractivity contribution < 1.29 is 0 Å². The molecular weight excluding hydrogens is 340 g/mol. The van der Waals surface area contributed by atoms with Gasteiger partial charge in [0.1, 0.15) is 11.3 Å². The SMILES string of the molecule is Nc1cccc(-c2nc(NCc3nc4ccccc4[nH]3)c3[nH]cnc3n2)c1. The number of nitrogens with two attached hydrogens (primary N) is 1. The molecule has 0 aliphatic rings. The van der Waals surface area contributed by atoms with E-state index in [4.69, 9.17) is 5.73 Å². The molecule has 0 saturated carbocycles. The standard InChI is InChI=1S/C19H16N8/c20-12-5-3-4-11(8-12)17-26-18(16-19(27-17)23-10-22-16)21-9-15-24-13-6-1-2-7-14(13)25-15/h1-8,10H,9,20H2,(H,24,25)(H2,21,22,23,26,27). The fraction of sp³-hybridized carbons (Fsp3) is 0.0526. The van der Waals surface area contributed by atoms with Crippen molar-refractivity contribution in [2.45, 2.75) is 6.54 Å². The smallest absolute Gasteiger partial charge is 0.183 e. The summed E-state index contributed by atoms with van der Waals surface area (Å²) in [6.45, 7) is 0.496. The summed E-state index contributed by atoms with van der Waals surface area (Å²) in [6, 6.07) is 15.4. The van der Waals surface area contributed by atoms with E-state index in [0.29, 0.717) is 29.5 Å². The third kappa shape index (κ3) is 2.82. The summed E-state index contributed by atoms with van der Waals surface area (Å²) in [5.41, 5.74) is 10.7. The van der Waals surface area contributed by atoms with Crippen molar-refractivity contribution in [2.24, 2.45) is 0 Å². The lowest BCUT2D eigenvalue weighted by Gasteiger charge is -2.08. The highest BCUT2D eigenvalue weighted by Gasteiger charge is 2.12. The molecule has 0 aliphatic heterocycles. The highest BCUT2D eigenvalue weighted by atomic mass is 15.1. The van der Waals surface area contributed by atoms with Gasteiger partial charge < -0.3 is 21.0 Å². The van der Waals surface area contributed by atoms with E-state index in [-0.39, 0.29) is 0 Å². The second-order valence-electron chi connectivity index (χ2n) is 6.18. The monoisotopic (exact) mass is 356 g/mol. The number of anilines is 2. The van der Waals surface area contributed by atoms with Crippen LogP contribution in [-0.2, 0) is 6.54 Å². The van der Waals surface area contributed by atoms with E-state index in [1.165, 1.54) is 0 Å². The van der Waals surface area contributed by atoms with Crippen molar-refractivity contribution in [2.75, 3.05) is 11.1 Å². The van der Waals surface area contributed by atoms with Crippen molar-refractivity contribution in [3.63, 3.8) is 0 Å². The van der Waals surface area contributed by atoms with Crippen LogP contribution in [0.15, 0.2) is 54.9 Å². The van der Waals surface area contributed by atoms with E-state index in [1.54, 1.807) is 6.33 Å². The van der Waals surface area contributed by atoms with Crippen molar-refractivity contribution in [3.8, 4) is 11.4 Å². The van der Waals surface area contributed by atoms with E-state index in [9.17, 15) is 0 Å². The lowest BCUT2D eigenvalue weighted by molar-refractivity contribution is 0.997. The van der Waals surface area contributed by atoms with E-state index in [0.717, 1.165) is 27.9 Å². The molecule has 0 aliphatic carbocycles. The Morgan fingerprint density at radius 3 is 2.81 bits per heavy atom. The molecule has 0 amide bonds. The number of imidazole rings is 2. The molecule has 5 aromatic rings. The van der Waals surface area contributed by atoms with Gasteiger partial charge in [-0.15, -0.1) is 0 Å². The number of aromatic amines is 2. The second kappa shape index (κ2) is 6.10. The number of hydrogen-bond acceptors (Lipinski definition) is 6. The molecule has 132 valence electrons. The number of nitrogen functional groups attached to an aromatic ring is 1. The quantitative estimate of drug-likeness (QED) is 0.367. The topological polar surface area (TPSA) is 121 Å². The molecule has 5 N–H and O–H groups in total. The number of H-pyrrole nitrogens is 2. The fourth-order valence-electron chi connectivity index (χ4n) is 3.02. The van der Waals surface area contributed by atoms with Crippen LogP contribution in [0.4, 0.5) is 11.5 Å². The van der Waals surface area contributed by atoms with Gasteiger partial charge in [0, 0.05) is 11.3 Å². The minimum atomic E-state index is 0.496. The van der Waals surface area contributed by atoms with Gasteiger partial charge in [0.2, 0.25) is 0 Å². The van der Waals surface area contributed by atoms with Gasteiger partial charge in [-0.25, -0.2) is 19.9 Å². The third-order valence-electron chi connectivity index (χ3n) is 4.29. The van der Waals surface area contributed by atoms with Gasteiger partial charge in [-0.2, -0.15) is 0 Å². The Bertz CT molecular complexity index is 1220. The maximum atomic E-state index is 5.89. The number of rotatable bonds is 4. The van der Waals surface area contributed by atoms with Crippen molar-refractivity contribution in [1.29, 1.82) is 0 Å². The number of aromatic nitrogens is 6. The van der Waals surface area contributed by atoms with Gasteiger partial charge >= 0.3 is 0 Å². The van der Waals surface area contributed by atoms with Crippen LogP contribution >= 0.6 is 0 Å². The first kappa shape index (κ1) is 15.3. The van der Waals surface area contributed by atoms with Gasteiger partial charge in [-0.1, -0.05) is 24.3 Å². The zero-order valence-electron chi connectivity index (χ0n) is 14.3. The minimum absolute atomic E-state index is 0.496. The maximum Gasteiger partial charge on any atom is 0.183 e. The van der Waals surface area contributed by atoms with Gasteiger partial charge in [-0.3, -0.25) is 0 Å². The highest BCUT2D eigenvalue weighted by Crippen LogP contribution is 2.24. The van der Waals surface area contributed by atoms with Crippen LogP contribution in [-0.4, -0.2) is 29.9 Å². The Balaban J connectivity index is 1.51. The highest BCUT2D eigenvalue weighted by molar-refractivity contribution is 5.84. The van der Waals surface area contributed by atoms with E-state index in [1.807, 2.05) is 48.5 Å². The number of nitrogens with one attached hydrogen (secondary N) is 3. The van der Waals surface area contributed by atoms with Crippen LogP contribution in [0.3, 0.4) is 0 Å². The molecule has 8 heteroatoms. The summed E-state index contributed by atoms with van der Waals surface area (Å²) in [6.07, 6.45) is 1.61. The predicted octanol–water partition coefficient (Wildman–Crippen LogP) is 3.09. The van der Waals surface area contributed by atoms with Gasteiger partial charge in [0.05, 0.1) is 23.9 Å². The van der Waals surface area contributed by atoms with Crippen LogP contribution < -0.4 is 11.1 Å². The molecule has 3 aromatic heterocycles. The first-order chi connectivity index (χ1) is 13.3. The van der Waals surface area contributed by atoms with E-state index in [2.05, 4.69) is 35.2 Å². The molecule has 0 fully saturated rings. The van der Waals surface area contributed by atoms with Gasteiger partial charge in [0.25, 0.3) is 0 Å². The van der Waals surface area contributed by atoms with Crippen LogP contribution in [0.2, 0.25) is 0 Å². The van der Waals surface area contributed by atoms with Crippen molar-refractivity contribution in [1.82, 2.24) is 29.9 Å². The maximum absolute atomic E-state index is 5.89. The zero-order chi connectivity index (χ0) is 18.2. The van der Waals surface area contributed by atoms with Crippen LogP contribution in [0.5, 0.6) is 0 Å². The van der Waals surface area contributed by atoms with E-state index < -0.39 is 0 Å². The number of fused-ring (bicyclic) bond motifs is 2. The Labute approximate surface area is 153 Å². The summed E-state index contributed by atoms with van der Waals surface area (Å²) in [7, 11) is 0. The second-order valence-corrected chi connectivity index (χ2v) is 6.18. The van der Waals surface area contributed by atoms with Gasteiger partial charge in [0.15, 0.2) is 17.3 Å². The zero-order valence-corrected chi connectivity index (χ0v) is 14.3. The first-order valence-electron chi connectivity index (χ1n) is 8.51. The van der Waals surface area contributed by atoms with Crippen LogP contribution in [0.1, 0.15) is 5.82 Å². The molecule has 27 heavy (non-hydrogen) atoms. The molecule has 2 aromatic carbocycles. The lowest BCUT2D eigenvalue weighted by Crippen LogP contribution is -2.05. The number of nitrogens with zero attached hydrogens (tertiary/aromatic N) is 4. The molecule has 0 unspecified atom stereocenters. The number of para-hydroxylation sites is 2. The largest absolute Gasteiger partial charge is 0.399 e. The van der Waals surface area contributed by atoms with Crippen molar-refractivity contribution in [3.05, 3.63) is 60.7 Å². The van der Waals surface area contributed by atoms with Gasteiger partial charge in [-0.05, 0) is 24.3 Å². The molecule has 0 radical (unpaired) electrons. The Hall–Kier alpha value is -3.94. The normalized spacial score (nSPS) is 11.3. The van der Waals surface area contributed by atoms with Crippen LogP contribution in [0, 0.1) is 0 Å². The molecular formula is C19H16N8. The molecule has 5 rings (SSSR count). The summed E-state index contributed by atoms with van der Waals surface area (Å²) in [5.74, 6) is 2.05. The third-order valence-corrected chi connectivity index (χ3v) is 4.29. The summed E-state index contributed by atoms with van der Waals surface area (Å²) >= 11 is 0. The molecule has 3 heterocycles. The predicted molar refractivity (Wildman–Crippen MR) is 105 cm³/mol. The fourth-order valence-corrected chi connectivity index (χ4v) is 3.02. The summed E-state index contributed by atoms with van der Waals surface area (Å²) in [5, 5.41) is 3.33. The molecule has 0 bridgehead atoms. The lowest BCUT2D eigenvalue weighted by atomic mass is 10.2. The average Bonchev–Trinajstić information content (AvgIpc) is 3.32. The molecule has 8 nitrogen and oxygen atoms in total. The Kier molecular flexibility index (Phi) is 3.46. The Morgan fingerprint density at radius 2 is 1.93 bits per heavy atom. The minimum Gasteiger partial charge on any atom is -0.399 e. The summed E-state index contributed by atoms with van der Waals surface area (Å²) < 4.78 is 0. The first-order valence-corrected chi connectivity index (χ1v) is 8.51. The number of hydrogen-bond donors (Lipinski definition) is 4. The summed E-state index contributed by atoms with van der Waals surface area (Å²) in [4.78, 5) is 24.4. The van der Waals surface area contributed by atoms with Crippen LogP contribution in [0.25, 0.3) is 33.6 Å². The average molecular weight is 356 g/mol.